The van der Waals surface area contributed by atoms with E-state index in [0.29, 0.717) is 28.9 Å². The zero-order chi connectivity index (χ0) is 16.9. The molecule has 3 aromatic rings. The van der Waals surface area contributed by atoms with Crippen LogP contribution in [0, 0.1) is 0 Å². The van der Waals surface area contributed by atoms with Gasteiger partial charge in [-0.15, -0.1) is 10.2 Å². The van der Waals surface area contributed by atoms with Crippen molar-refractivity contribution >= 4 is 23.3 Å². The highest BCUT2D eigenvalue weighted by Crippen LogP contribution is 2.20. The van der Waals surface area contributed by atoms with E-state index >= 15 is 0 Å². The number of esters is 1. The number of hydrogen-bond donors (Lipinski definition) is 1. The van der Waals surface area contributed by atoms with Crippen molar-refractivity contribution in [3.63, 3.8) is 0 Å². The third kappa shape index (κ3) is 3.72. The smallest absolute Gasteiger partial charge is 0.337 e. The third-order valence-corrected chi connectivity index (χ3v) is 3.54. The van der Waals surface area contributed by atoms with Crippen LogP contribution in [0.2, 0.25) is 5.02 Å². The summed E-state index contributed by atoms with van der Waals surface area (Å²) in [6.07, 6.45) is 0. The van der Waals surface area contributed by atoms with Gasteiger partial charge in [0.1, 0.15) is 0 Å². The molecule has 1 heterocycles. The lowest BCUT2D eigenvalue weighted by molar-refractivity contribution is 0.0601. The van der Waals surface area contributed by atoms with Crippen LogP contribution >= 0.6 is 11.6 Å². The van der Waals surface area contributed by atoms with Crippen molar-refractivity contribution in [2.75, 3.05) is 12.4 Å². The molecule has 0 aliphatic rings. The fourth-order valence-corrected chi connectivity index (χ4v) is 2.21. The van der Waals surface area contributed by atoms with Gasteiger partial charge in [-0.25, -0.2) is 4.79 Å². The van der Waals surface area contributed by atoms with Crippen LogP contribution in [0.5, 0.6) is 0 Å². The summed E-state index contributed by atoms with van der Waals surface area (Å²) in [4.78, 5) is 11.5. The molecule has 0 aliphatic heterocycles. The lowest BCUT2D eigenvalue weighted by Gasteiger charge is -2.05. The largest absolute Gasteiger partial charge is 0.465 e. The van der Waals surface area contributed by atoms with Gasteiger partial charge in [-0.2, -0.15) is 0 Å². The van der Waals surface area contributed by atoms with E-state index in [1.807, 2.05) is 18.2 Å². The van der Waals surface area contributed by atoms with E-state index in [0.717, 1.165) is 11.3 Å². The number of hydrogen-bond acceptors (Lipinski definition) is 6. The van der Waals surface area contributed by atoms with E-state index in [2.05, 4.69) is 15.5 Å². The molecule has 0 saturated carbocycles. The van der Waals surface area contributed by atoms with Gasteiger partial charge in [-0.1, -0.05) is 17.7 Å². The normalized spacial score (nSPS) is 10.4. The molecule has 122 valence electrons. The number of benzene rings is 2. The van der Waals surface area contributed by atoms with E-state index in [-0.39, 0.29) is 5.97 Å². The van der Waals surface area contributed by atoms with Gasteiger partial charge in [-0.05, 0) is 42.5 Å². The molecule has 1 N–H and O–H groups in total. The maximum atomic E-state index is 11.5. The highest BCUT2D eigenvalue weighted by atomic mass is 35.5. The highest BCUT2D eigenvalue weighted by Gasteiger charge is 2.09. The van der Waals surface area contributed by atoms with Gasteiger partial charge in [0.05, 0.1) is 19.2 Å². The lowest BCUT2D eigenvalue weighted by atomic mass is 10.2. The molecule has 0 amide bonds. The van der Waals surface area contributed by atoms with E-state index < -0.39 is 0 Å². The summed E-state index contributed by atoms with van der Waals surface area (Å²) in [7, 11) is 1.35. The zero-order valence-electron chi connectivity index (χ0n) is 12.8. The first-order chi connectivity index (χ1) is 11.7. The fourth-order valence-electron chi connectivity index (χ4n) is 2.09. The van der Waals surface area contributed by atoms with Crippen LogP contribution in [-0.4, -0.2) is 23.3 Å². The molecule has 24 heavy (non-hydrogen) atoms. The number of carbonyl (C=O) groups excluding carboxylic acids is 1. The second-order valence-corrected chi connectivity index (χ2v) is 5.37. The summed E-state index contributed by atoms with van der Waals surface area (Å²) in [5.74, 6) is 0.469. The predicted octanol–water partition coefficient (Wildman–Crippen LogP) is 3.79. The standard InChI is InChI=1S/C17H14ClN3O3/c1-23-17(22)12-3-2-4-14(9-12)19-10-15-20-21-16(24-15)11-5-7-13(18)8-6-11/h2-9,19H,10H2,1H3. The van der Waals surface area contributed by atoms with E-state index in [1.165, 1.54) is 7.11 Å². The number of nitrogens with one attached hydrogen (secondary N) is 1. The van der Waals surface area contributed by atoms with Gasteiger partial charge >= 0.3 is 5.97 Å². The van der Waals surface area contributed by atoms with Gasteiger partial charge in [0, 0.05) is 16.3 Å². The van der Waals surface area contributed by atoms with Gasteiger partial charge in [0.25, 0.3) is 0 Å². The molecule has 3 rings (SSSR count). The lowest BCUT2D eigenvalue weighted by Crippen LogP contribution is -2.04. The average molecular weight is 344 g/mol. The molecule has 0 aliphatic carbocycles. The van der Waals surface area contributed by atoms with Crippen molar-refractivity contribution in [3.8, 4) is 11.5 Å². The van der Waals surface area contributed by atoms with Crippen LogP contribution < -0.4 is 5.32 Å². The number of halogens is 1. The molecule has 0 atom stereocenters. The number of methoxy groups -OCH3 is 1. The van der Waals surface area contributed by atoms with Crippen LogP contribution in [0.25, 0.3) is 11.5 Å². The molecule has 7 heteroatoms. The highest BCUT2D eigenvalue weighted by molar-refractivity contribution is 6.30. The summed E-state index contributed by atoms with van der Waals surface area (Å²) in [5, 5.41) is 11.8. The minimum absolute atomic E-state index is 0.339. The van der Waals surface area contributed by atoms with Crippen LogP contribution in [0.1, 0.15) is 16.2 Å². The van der Waals surface area contributed by atoms with Gasteiger partial charge in [0.2, 0.25) is 11.8 Å². The monoisotopic (exact) mass is 343 g/mol. The van der Waals surface area contributed by atoms with Crippen molar-refractivity contribution < 1.29 is 13.9 Å². The van der Waals surface area contributed by atoms with E-state index in [4.69, 9.17) is 20.8 Å². The topological polar surface area (TPSA) is 77.2 Å². The van der Waals surface area contributed by atoms with Crippen molar-refractivity contribution in [1.82, 2.24) is 10.2 Å². The Labute approximate surface area is 143 Å². The van der Waals surface area contributed by atoms with Gasteiger partial charge < -0.3 is 14.5 Å². The van der Waals surface area contributed by atoms with Crippen molar-refractivity contribution in [3.05, 3.63) is 65.0 Å². The number of ether oxygens (including phenoxy) is 1. The maximum absolute atomic E-state index is 11.5. The number of aromatic nitrogens is 2. The molecule has 1 aromatic heterocycles. The van der Waals surface area contributed by atoms with Crippen LogP contribution in [0.3, 0.4) is 0 Å². The summed E-state index contributed by atoms with van der Waals surface area (Å²) in [5.41, 5.74) is 2.02. The third-order valence-electron chi connectivity index (χ3n) is 3.29. The first kappa shape index (κ1) is 16.0. The summed E-state index contributed by atoms with van der Waals surface area (Å²) in [6, 6.07) is 14.1. The van der Waals surface area contributed by atoms with Gasteiger partial charge in [-0.3, -0.25) is 0 Å². The van der Waals surface area contributed by atoms with E-state index in [9.17, 15) is 4.79 Å². The van der Waals surface area contributed by atoms with Crippen molar-refractivity contribution in [2.24, 2.45) is 0 Å². The molecule has 0 bridgehead atoms. The van der Waals surface area contributed by atoms with Crippen LogP contribution in [-0.2, 0) is 11.3 Å². The second-order valence-electron chi connectivity index (χ2n) is 4.93. The van der Waals surface area contributed by atoms with Crippen molar-refractivity contribution in [1.29, 1.82) is 0 Å². The summed E-state index contributed by atoms with van der Waals surface area (Å²) < 4.78 is 10.3. The van der Waals surface area contributed by atoms with Crippen LogP contribution in [0.15, 0.2) is 52.9 Å². The molecular weight excluding hydrogens is 330 g/mol. The molecule has 0 radical (unpaired) electrons. The quantitative estimate of drug-likeness (QED) is 0.710. The molecule has 0 fully saturated rings. The molecule has 2 aromatic carbocycles. The van der Waals surface area contributed by atoms with E-state index in [1.54, 1.807) is 30.3 Å². The molecule has 0 saturated heterocycles. The first-order valence-corrected chi connectivity index (χ1v) is 7.54. The molecule has 0 spiro atoms. The number of anilines is 1. The minimum Gasteiger partial charge on any atom is -0.465 e. The summed E-state index contributed by atoms with van der Waals surface area (Å²) in [6.45, 7) is 0.339. The number of rotatable bonds is 5. The van der Waals surface area contributed by atoms with Gasteiger partial charge in [0.15, 0.2) is 0 Å². The number of nitrogens with zero attached hydrogens (tertiary/aromatic N) is 2. The Morgan fingerprint density at radius 2 is 2.00 bits per heavy atom. The Balaban J connectivity index is 1.67. The molecular formula is C17H14ClN3O3. The van der Waals surface area contributed by atoms with Crippen molar-refractivity contribution in [2.45, 2.75) is 6.54 Å². The average Bonchev–Trinajstić information content (AvgIpc) is 3.09. The maximum Gasteiger partial charge on any atom is 0.337 e. The predicted molar refractivity (Wildman–Crippen MR) is 89.9 cm³/mol. The Bertz CT molecular complexity index is 846. The van der Waals surface area contributed by atoms with Crippen LogP contribution in [0.4, 0.5) is 5.69 Å². The molecule has 6 nitrogen and oxygen atoms in total. The SMILES string of the molecule is COC(=O)c1cccc(NCc2nnc(-c3ccc(Cl)cc3)o2)c1. The zero-order valence-corrected chi connectivity index (χ0v) is 13.6. The molecule has 0 unspecified atom stereocenters. The Hall–Kier alpha value is -2.86. The Morgan fingerprint density at radius 3 is 2.75 bits per heavy atom. The second kappa shape index (κ2) is 7.14. The summed E-state index contributed by atoms with van der Waals surface area (Å²) >= 11 is 5.86. The minimum atomic E-state index is -0.388. The Kier molecular flexibility index (Phi) is 4.77. The number of carbonyl (C=O) groups is 1. The fraction of sp³-hybridized carbons (Fsp3) is 0.118. The first-order valence-electron chi connectivity index (χ1n) is 7.16. The Morgan fingerprint density at radius 1 is 1.21 bits per heavy atom.